The Labute approximate surface area is 254 Å². The summed E-state index contributed by atoms with van der Waals surface area (Å²) >= 11 is 0. The van der Waals surface area contributed by atoms with Crippen molar-refractivity contribution in [2.24, 2.45) is 11.8 Å². The Morgan fingerprint density at radius 3 is 2.37 bits per heavy atom. The first-order valence-electron chi connectivity index (χ1n) is 15.4. The lowest BCUT2D eigenvalue weighted by Gasteiger charge is -2.33. The summed E-state index contributed by atoms with van der Waals surface area (Å²) in [7, 11) is -2.41. The Balaban J connectivity index is 1.62. The van der Waals surface area contributed by atoms with Gasteiger partial charge in [-0.15, -0.1) is 0 Å². The van der Waals surface area contributed by atoms with Gasteiger partial charge in [0.1, 0.15) is 23.2 Å². The Morgan fingerprint density at radius 1 is 1.12 bits per heavy atom. The molecule has 2 saturated heterocycles. The smallest absolute Gasteiger partial charge is 0.408 e. The number of fused-ring (bicyclic) bond motifs is 2. The maximum absolute atomic E-state index is 14.1. The minimum atomic E-state index is -3.93. The first-order chi connectivity index (χ1) is 20.0. The van der Waals surface area contributed by atoms with E-state index >= 15 is 0 Å². The molecule has 14 heteroatoms. The highest BCUT2D eigenvalue weighted by molar-refractivity contribution is 7.91. The number of amides is 4. The van der Waals surface area contributed by atoms with E-state index in [1.165, 1.54) is 12.0 Å². The van der Waals surface area contributed by atoms with E-state index < -0.39 is 73.8 Å². The van der Waals surface area contributed by atoms with Crippen LogP contribution in [0, 0.1) is 11.8 Å². The number of rotatable bonds is 6. The van der Waals surface area contributed by atoms with Gasteiger partial charge in [-0.25, -0.2) is 13.2 Å². The molecule has 0 aromatic heterocycles. The topological polar surface area (TPSA) is 180 Å². The summed E-state index contributed by atoms with van der Waals surface area (Å²) in [5.41, 5.74) is -2.22. The molecule has 4 aliphatic rings. The molecule has 244 valence electrons. The van der Waals surface area contributed by atoms with Gasteiger partial charge in [-0.05, 0) is 65.7 Å². The quantitative estimate of drug-likeness (QED) is 0.337. The fraction of sp³-hybridized carbons (Fsp3) is 0.862. The van der Waals surface area contributed by atoms with Gasteiger partial charge in [0, 0.05) is 26.0 Å². The lowest BCUT2D eigenvalue weighted by atomic mass is 9.92. The predicted molar refractivity (Wildman–Crippen MR) is 156 cm³/mol. The van der Waals surface area contributed by atoms with Crippen LogP contribution in [0.25, 0.3) is 0 Å². The molecule has 43 heavy (non-hydrogen) atoms. The van der Waals surface area contributed by atoms with Gasteiger partial charge in [0.2, 0.25) is 21.8 Å². The molecule has 0 unspecified atom stereocenters. The molecular weight excluding hydrogens is 580 g/mol. The molecule has 2 saturated carbocycles. The summed E-state index contributed by atoms with van der Waals surface area (Å²) in [4.78, 5) is 55.5. The number of nitrogens with one attached hydrogen (secondary N) is 3. The van der Waals surface area contributed by atoms with Crippen LogP contribution in [0.1, 0.15) is 91.9 Å². The molecule has 0 bridgehead atoms. The molecule has 4 rings (SSSR count). The molecule has 4 fully saturated rings. The highest BCUT2D eigenvalue weighted by Crippen LogP contribution is 2.49. The van der Waals surface area contributed by atoms with Crippen molar-refractivity contribution in [2.75, 3.05) is 20.3 Å². The van der Waals surface area contributed by atoms with Gasteiger partial charge < -0.3 is 30.1 Å². The summed E-state index contributed by atoms with van der Waals surface area (Å²) in [6, 6.07) is -2.21. The summed E-state index contributed by atoms with van der Waals surface area (Å²) in [5, 5.41) is 16.1. The molecule has 2 aliphatic heterocycles. The summed E-state index contributed by atoms with van der Waals surface area (Å²) in [6.07, 6.45) is 3.76. The summed E-state index contributed by atoms with van der Waals surface area (Å²) in [6.45, 7) is 6.75. The van der Waals surface area contributed by atoms with Gasteiger partial charge in [0.05, 0.1) is 17.5 Å². The molecule has 0 aromatic carbocycles. The second-order valence-corrected chi connectivity index (χ2v) is 16.2. The molecule has 4 amide bonds. The average Bonchev–Trinajstić information content (AvgIpc) is 3.77. The highest BCUT2D eigenvalue weighted by atomic mass is 32.2. The van der Waals surface area contributed by atoms with Gasteiger partial charge >= 0.3 is 6.09 Å². The number of hydrogen-bond acceptors (Lipinski definition) is 9. The second-order valence-electron chi connectivity index (χ2n) is 14.0. The standard InChI is InChI=1S/C29H48N4O9S/c1-27(2,3)42-26(38)30-22-18(17-41-5)10-8-6-7-9-11-19-15-29(19,25(37)32-43(39,40)28(4)12-13-28)31-23(35)21-14-20(34)16-33(21)24(22)36/h18-22,34H,6-17H2,1-5H3,(H,30,38)(H,31,35)(H,32,37)/t18-,19+,20+,21-,22-,29+/m0/s1. The Morgan fingerprint density at radius 2 is 1.77 bits per heavy atom. The van der Waals surface area contributed by atoms with Crippen molar-refractivity contribution in [3.05, 3.63) is 0 Å². The van der Waals surface area contributed by atoms with Gasteiger partial charge in [-0.2, -0.15) is 0 Å². The first kappa shape index (κ1) is 33.4. The third-order valence-corrected chi connectivity index (χ3v) is 11.4. The SMILES string of the molecule is COC[C@@H]1CCCCCC[C@@H]2C[C@@]2(C(=O)NS(=O)(=O)C2(C)CC2)NC(=O)[C@@H]2C[C@@H](O)CN2C(=O)[C@H]1NC(=O)OC(C)(C)C. The fourth-order valence-electron chi connectivity index (χ4n) is 6.26. The largest absolute Gasteiger partial charge is 0.444 e. The molecule has 6 atom stereocenters. The van der Waals surface area contributed by atoms with Crippen LogP contribution in [0.5, 0.6) is 0 Å². The Kier molecular flexibility index (Phi) is 9.73. The van der Waals surface area contributed by atoms with Crippen LogP contribution >= 0.6 is 0 Å². The van der Waals surface area contributed by atoms with Crippen LogP contribution in [0.4, 0.5) is 4.79 Å². The third kappa shape index (κ3) is 7.62. The van der Waals surface area contributed by atoms with Crippen LogP contribution in [-0.2, 0) is 33.9 Å². The number of aliphatic hydroxyl groups excluding tert-OH is 1. The summed E-state index contributed by atoms with van der Waals surface area (Å²) < 4.78 is 37.9. The number of carbonyl (C=O) groups is 4. The van der Waals surface area contributed by atoms with E-state index in [0.717, 1.165) is 25.7 Å². The first-order valence-corrected chi connectivity index (χ1v) is 16.9. The van der Waals surface area contributed by atoms with Crippen LogP contribution in [-0.4, -0.2) is 96.6 Å². The van der Waals surface area contributed by atoms with Crippen molar-refractivity contribution >= 4 is 33.8 Å². The highest BCUT2D eigenvalue weighted by Gasteiger charge is 2.63. The molecule has 0 radical (unpaired) electrons. The van der Waals surface area contributed by atoms with Gasteiger partial charge in [0.15, 0.2) is 0 Å². The van der Waals surface area contributed by atoms with E-state index in [2.05, 4.69) is 15.4 Å². The number of alkyl carbamates (subject to hydrolysis) is 1. The zero-order valence-corrected chi connectivity index (χ0v) is 26.8. The number of aliphatic hydroxyl groups is 1. The lowest BCUT2D eigenvalue weighted by Crippen LogP contribution is -2.60. The molecule has 0 spiro atoms. The van der Waals surface area contributed by atoms with E-state index in [9.17, 15) is 32.7 Å². The van der Waals surface area contributed by atoms with E-state index in [4.69, 9.17) is 9.47 Å². The Hall–Kier alpha value is -2.45. The average molecular weight is 629 g/mol. The second kappa shape index (κ2) is 12.5. The molecule has 13 nitrogen and oxygen atoms in total. The van der Waals surface area contributed by atoms with Gasteiger partial charge in [-0.3, -0.25) is 19.1 Å². The number of sulfonamides is 1. The molecule has 4 N–H and O–H groups in total. The lowest BCUT2D eigenvalue weighted by molar-refractivity contribution is -0.142. The molecule has 0 aromatic rings. The zero-order valence-electron chi connectivity index (χ0n) is 25.9. The zero-order chi connectivity index (χ0) is 31.8. The van der Waals surface area contributed by atoms with Crippen molar-refractivity contribution in [3.63, 3.8) is 0 Å². The van der Waals surface area contributed by atoms with Crippen molar-refractivity contribution in [2.45, 2.75) is 126 Å². The Bertz CT molecular complexity index is 1200. The van der Waals surface area contributed by atoms with E-state index in [0.29, 0.717) is 32.1 Å². The van der Waals surface area contributed by atoms with E-state index in [1.807, 2.05) is 0 Å². The maximum Gasteiger partial charge on any atom is 0.408 e. The number of ether oxygens (including phenoxy) is 2. The van der Waals surface area contributed by atoms with Crippen molar-refractivity contribution in [1.29, 1.82) is 0 Å². The molecular formula is C29H48N4O9S. The van der Waals surface area contributed by atoms with Crippen LogP contribution in [0.2, 0.25) is 0 Å². The van der Waals surface area contributed by atoms with Crippen LogP contribution < -0.4 is 15.4 Å². The molecule has 2 heterocycles. The monoisotopic (exact) mass is 628 g/mol. The fourth-order valence-corrected chi connectivity index (χ4v) is 7.57. The van der Waals surface area contributed by atoms with Crippen LogP contribution in [0.3, 0.4) is 0 Å². The number of hydrogen-bond donors (Lipinski definition) is 4. The number of methoxy groups -OCH3 is 1. The van der Waals surface area contributed by atoms with Crippen molar-refractivity contribution in [1.82, 2.24) is 20.3 Å². The van der Waals surface area contributed by atoms with Crippen LogP contribution in [0.15, 0.2) is 0 Å². The minimum absolute atomic E-state index is 0.0651. The number of nitrogens with zero attached hydrogens (tertiary/aromatic N) is 1. The van der Waals surface area contributed by atoms with E-state index in [1.54, 1.807) is 27.7 Å². The molecule has 2 aliphatic carbocycles. The normalized spacial score (nSPS) is 33.2. The van der Waals surface area contributed by atoms with Crippen molar-refractivity contribution < 1.29 is 42.2 Å². The van der Waals surface area contributed by atoms with Gasteiger partial charge in [-0.1, -0.05) is 25.7 Å². The minimum Gasteiger partial charge on any atom is -0.444 e. The van der Waals surface area contributed by atoms with Crippen molar-refractivity contribution in [3.8, 4) is 0 Å². The predicted octanol–water partition coefficient (Wildman–Crippen LogP) is 1.33. The van der Waals surface area contributed by atoms with E-state index in [-0.39, 0.29) is 25.5 Å². The summed E-state index contributed by atoms with van der Waals surface area (Å²) in [5.74, 6) is -2.64. The number of carbonyl (C=O) groups excluding carboxylic acids is 4. The van der Waals surface area contributed by atoms with Gasteiger partial charge in [0.25, 0.3) is 5.91 Å². The third-order valence-electron chi connectivity index (χ3n) is 9.22. The maximum atomic E-state index is 14.1.